The molecule has 5 heteroatoms. The van der Waals surface area contributed by atoms with Crippen molar-refractivity contribution in [1.29, 1.82) is 0 Å². The van der Waals surface area contributed by atoms with Gasteiger partial charge >= 0.3 is 0 Å². The van der Waals surface area contributed by atoms with Gasteiger partial charge in [0.1, 0.15) is 0 Å². The smallest absolute Gasteiger partial charge is 0.252 e. The van der Waals surface area contributed by atoms with Crippen LogP contribution in [0.25, 0.3) is 0 Å². The van der Waals surface area contributed by atoms with Gasteiger partial charge in [0, 0.05) is 18.2 Å². The summed E-state index contributed by atoms with van der Waals surface area (Å²) >= 11 is 3.37. The third kappa shape index (κ3) is 4.40. The van der Waals surface area contributed by atoms with Crippen LogP contribution < -0.4 is 5.32 Å². The fraction of sp³-hybridized carbons (Fsp3) is 0.462. The quantitative estimate of drug-likeness (QED) is 0.842. The molecular formula is C13H18BrNO3. The standard InChI is InChI=1S/C13H18BrNO3/c1-9-3-4-11(12(14)7-9)13(17)15-10(5-6-16)8-18-2/h3-4,7,10,16H,5-6,8H2,1-2H3,(H,15,17). The molecule has 0 aromatic heterocycles. The lowest BCUT2D eigenvalue weighted by Crippen LogP contribution is -2.38. The monoisotopic (exact) mass is 315 g/mol. The summed E-state index contributed by atoms with van der Waals surface area (Å²) in [5.41, 5.74) is 1.67. The van der Waals surface area contributed by atoms with E-state index in [-0.39, 0.29) is 18.6 Å². The van der Waals surface area contributed by atoms with Crippen molar-refractivity contribution in [2.75, 3.05) is 20.3 Å². The molecule has 4 nitrogen and oxygen atoms in total. The van der Waals surface area contributed by atoms with Crippen LogP contribution in [0.5, 0.6) is 0 Å². The summed E-state index contributed by atoms with van der Waals surface area (Å²) in [4.78, 5) is 12.1. The Morgan fingerprint density at radius 1 is 1.56 bits per heavy atom. The first-order valence-corrected chi connectivity index (χ1v) is 6.54. The third-order valence-corrected chi connectivity index (χ3v) is 3.21. The van der Waals surface area contributed by atoms with Crippen LogP contribution in [0.2, 0.25) is 0 Å². The predicted octanol–water partition coefficient (Wildman–Crippen LogP) is 1.88. The number of aliphatic hydroxyl groups excluding tert-OH is 1. The maximum atomic E-state index is 12.1. The largest absolute Gasteiger partial charge is 0.396 e. The Kier molecular flexibility index (Phi) is 6.32. The van der Waals surface area contributed by atoms with Crippen LogP contribution >= 0.6 is 15.9 Å². The van der Waals surface area contributed by atoms with Gasteiger partial charge in [0.15, 0.2) is 0 Å². The van der Waals surface area contributed by atoms with Crippen molar-refractivity contribution in [3.63, 3.8) is 0 Å². The molecule has 100 valence electrons. The van der Waals surface area contributed by atoms with Gasteiger partial charge in [0.05, 0.1) is 18.2 Å². The maximum Gasteiger partial charge on any atom is 0.252 e. The van der Waals surface area contributed by atoms with Crippen LogP contribution in [-0.2, 0) is 4.74 Å². The number of aliphatic hydroxyl groups is 1. The van der Waals surface area contributed by atoms with Gasteiger partial charge in [-0.3, -0.25) is 4.79 Å². The summed E-state index contributed by atoms with van der Waals surface area (Å²) in [7, 11) is 1.57. The molecule has 0 aliphatic rings. The van der Waals surface area contributed by atoms with E-state index in [0.29, 0.717) is 18.6 Å². The van der Waals surface area contributed by atoms with Crippen LogP contribution in [-0.4, -0.2) is 37.4 Å². The summed E-state index contributed by atoms with van der Waals surface area (Å²) in [5, 5.41) is 11.8. The zero-order valence-electron chi connectivity index (χ0n) is 10.6. The molecule has 0 fully saturated rings. The van der Waals surface area contributed by atoms with Crippen LogP contribution in [0.3, 0.4) is 0 Å². The first-order valence-electron chi connectivity index (χ1n) is 5.75. The van der Waals surface area contributed by atoms with E-state index in [1.54, 1.807) is 13.2 Å². The van der Waals surface area contributed by atoms with E-state index in [9.17, 15) is 4.79 Å². The molecule has 0 saturated carbocycles. The van der Waals surface area contributed by atoms with Gasteiger partial charge in [-0.1, -0.05) is 6.07 Å². The molecule has 0 aliphatic heterocycles. The van der Waals surface area contributed by atoms with Crippen LogP contribution in [0.1, 0.15) is 22.3 Å². The molecule has 1 aromatic carbocycles. The molecule has 1 aromatic rings. The number of nitrogens with one attached hydrogen (secondary N) is 1. The van der Waals surface area contributed by atoms with E-state index in [0.717, 1.165) is 10.0 Å². The number of amides is 1. The van der Waals surface area contributed by atoms with Crippen molar-refractivity contribution in [2.45, 2.75) is 19.4 Å². The number of aryl methyl sites for hydroxylation is 1. The van der Waals surface area contributed by atoms with Crippen LogP contribution in [0.4, 0.5) is 0 Å². The molecule has 2 N–H and O–H groups in total. The van der Waals surface area contributed by atoms with Crippen molar-refractivity contribution in [3.05, 3.63) is 33.8 Å². The molecule has 0 aliphatic carbocycles. The number of ether oxygens (including phenoxy) is 1. The van der Waals surface area contributed by atoms with Crippen molar-refractivity contribution in [1.82, 2.24) is 5.32 Å². The minimum absolute atomic E-state index is 0.0172. The highest BCUT2D eigenvalue weighted by molar-refractivity contribution is 9.10. The lowest BCUT2D eigenvalue weighted by atomic mass is 10.1. The second-order valence-corrected chi connectivity index (χ2v) is 4.98. The minimum Gasteiger partial charge on any atom is -0.396 e. The Balaban J connectivity index is 2.73. The Morgan fingerprint density at radius 3 is 2.83 bits per heavy atom. The Morgan fingerprint density at radius 2 is 2.28 bits per heavy atom. The highest BCUT2D eigenvalue weighted by Crippen LogP contribution is 2.18. The van der Waals surface area contributed by atoms with E-state index < -0.39 is 0 Å². The Hall–Kier alpha value is -0.910. The minimum atomic E-state index is -0.180. The van der Waals surface area contributed by atoms with Crippen molar-refractivity contribution in [3.8, 4) is 0 Å². The molecule has 0 bridgehead atoms. The molecule has 1 amide bonds. The summed E-state index contributed by atoms with van der Waals surface area (Å²) < 4.78 is 5.77. The third-order valence-electron chi connectivity index (χ3n) is 2.55. The lowest BCUT2D eigenvalue weighted by Gasteiger charge is -2.17. The zero-order valence-corrected chi connectivity index (χ0v) is 12.2. The molecular weight excluding hydrogens is 298 g/mol. The fourth-order valence-corrected chi connectivity index (χ4v) is 2.29. The summed E-state index contributed by atoms with van der Waals surface area (Å²) in [6.07, 6.45) is 0.475. The van der Waals surface area contributed by atoms with Crippen LogP contribution in [0, 0.1) is 6.92 Å². The van der Waals surface area contributed by atoms with Crippen molar-refractivity contribution < 1.29 is 14.6 Å². The number of carbonyl (C=O) groups is 1. The number of benzene rings is 1. The van der Waals surface area contributed by atoms with Gasteiger partial charge in [0.2, 0.25) is 0 Å². The number of methoxy groups -OCH3 is 1. The molecule has 1 atom stereocenters. The van der Waals surface area contributed by atoms with Crippen molar-refractivity contribution in [2.24, 2.45) is 0 Å². The zero-order chi connectivity index (χ0) is 13.5. The van der Waals surface area contributed by atoms with Gasteiger partial charge in [-0.05, 0) is 47.0 Å². The Bertz CT molecular complexity index is 403. The first-order chi connectivity index (χ1) is 8.58. The molecule has 0 radical (unpaired) electrons. The molecule has 0 saturated heterocycles. The highest BCUT2D eigenvalue weighted by atomic mass is 79.9. The van der Waals surface area contributed by atoms with E-state index in [4.69, 9.17) is 9.84 Å². The van der Waals surface area contributed by atoms with Gasteiger partial charge in [-0.15, -0.1) is 0 Å². The highest BCUT2D eigenvalue weighted by Gasteiger charge is 2.15. The summed E-state index contributed by atoms with van der Waals surface area (Å²) in [6.45, 7) is 2.37. The topological polar surface area (TPSA) is 58.6 Å². The predicted molar refractivity (Wildman–Crippen MR) is 73.7 cm³/mol. The molecule has 0 heterocycles. The van der Waals surface area contributed by atoms with Gasteiger partial charge in [0.25, 0.3) is 5.91 Å². The van der Waals surface area contributed by atoms with Crippen molar-refractivity contribution >= 4 is 21.8 Å². The number of hydrogen-bond donors (Lipinski definition) is 2. The first kappa shape index (κ1) is 15.1. The van der Waals surface area contributed by atoms with Gasteiger partial charge < -0.3 is 15.2 Å². The molecule has 1 unspecified atom stereocenters. The molecule has 18 heavy (non-hydrogen) atoms. The summed E-state index contributed by atoms with van der Waals surface area (Å²) in [6, 6.07) is 5.38. The molecule has 1 rings (SSSR count). The summed E-state index contributed by atoms with van der Waals surface area (Å²) in [5.74, 6) is -0.169. The normalized spacial score (nSPS) is 12.2. The van der Waals surface area contributed by atoms with E-state index in [1.165, 1.54) is 0 Å². The maximum absolute atomic E-state index is 12.1. The second kappa shape index (κ2) is 7.51. The van der Waals surface area contributed by atoms with Crippen LogP contribution in [0.15, 0.2) is 22.7 Å². The lowest BCUT2D eigenvalue weighted by molar-refractivity contribution is 0.0878. The van der Waals surface area contributed by atoms with E-state index >= 15 is 0 Å². The van der Waals surface area contributed by atoms with E-state index in [1.807, 2.05) is 19.1 Å². The average Bonchev–Trinajstić information content (AvgIpc) is 2.29. The number of halogens is 1. The van der Waals surface area contributed by atoms with E-state index in [2.05, 4.69) is 21.2 Å². The fourth-order valence-electron chi connectivity index (χ4n) is 1.62. The van der Waals surface area contributed by atoms with Gasteiger partial charge in [-0.25, -0.2) is 0 Å². The van der Waals surface area contributed by atoms with Gasteiger partial charge in [-0.2, -0.15) is 0 Å². The SMILES string of the molecule is COCC(CCO)NC(=O)c1ccc(C)cc1Br. The second-order valence-electron chi connectivity index (χ2n) is 4.12. The average molecular weight is 316 g/mol. The molecule has 0 spiro atoms. The number of hydrogen-bond acceptors (Lipinski definition) is 3. The Labute approximate surface area is 115 Å². The number of rotatable bonds is 6. The number of carbonyl (C=O) groups excluding carboxylic acids is 1.